The molecule has 126 valence electrons. The number of hydrogen-bond donors (Lipinski definition) is 0. The maximum atomic E-state index is 13.0. The van der Waals surface area contributed by atoms with Gasteiger partial charge >= 0.3 is 0 Å². The van der Waals surface area contributed by atoms with E-state index < -0.39 is 0 Å². The first-order valence-corrected chi connectivity index (χ1v) is 8.53. The van der Waals surface area contributed by atoms with E-state index in [1.807, 2.05) is 17.0 Å². The minimum absolute atomic E-state index is 0.197. The summed E-state index contributed by atoms with van der Waals surface area (Å²) in [4.78, 5) is 16.8. The Morgan fingerprint density at radius 1 is 1.17 bits per heavy atom. The standard InChI is InChI=1S/C18H25FN2O2/c19-17-4-2-15(3-5-17)13-20-7-1-8-21(10-9-20)18(22)12-16-6-11-23-14-16/h2-5,16H,1,6-14H2/t16-/m0/s1. The van der Waals surface area contributed by atoms with Crippen molar-refractivity contribution in [2.24, 2.45) is 5.92 Å². The van der Waals surface area contributed by atoms with E-state index in [9.17, 15) is 9.18 Å². The molecule has 0 spiro atoms. The average Bonchev–Trinajstić information content (AvgIpc) is 2.94. The molecule has 0 aromatic heterocycles. The SMILES string of the molecule is O=C(C[C@@H]1CCOC1)N1CCCN(Cc2ccc(F)cc2)CC1. The van der Waals surface area contributed by atoms with Gasteiger partial charge in [0.2, 0.25) is 5.91 Å². The van der Waals surface area contributed by atoms with Crippen molar-refractivity contribution in [2.45, 2.75) is 25.8 Å². The molecule has 1 aromatic carbocycles. The van der Waals surface area contributed by atoms with Crippen LogP contribution in [0.15, 0.2) is 24.3 Å². The zero-order valence-electron chi connectivity index (χ0n) is 13.5. The lowest BCUT2D eigenvalue weighted by molar-refractivity contribution is -0.132. The number of hydrogen-bond acceptors (Lipinski definition) is 3. The van der Waals surface area contributed by atoms with Crippen LogP contribution in [0, 0.1) is 11.7 Å². The van der Waals surface area contributed by atoms with Crippen LogP contribution in [0.25, 0.3) is 0 Å². The highest BCUT2D eigenvalue weighted by molar-refractivity contribution is 5.76. The molecule has 0 radical (unpaired) electrons. The quantitative estimate of drug-likeness (QED) is 0.853. The number of carbonyl (C=O) groups excluding carboxylic acids is 1. The van der Waals surface area contributed by atoms with Crippen molar-refractivity contribution in [1.82, 2.24) is 9.80 Å². The monoisotopic (exact) mass is 320 g/mol. The van der Waals surface area contributed by atoms with Gasteiger partial charge in [-0.05, 0) is 36.5 Å². The van der Waals surface area contributed by atoms with Gasteiger partial charge in [-0.25, -0.2) is 4.39 Å². The van der Waals surface area contributed by atoms with Gasteiger partial charge in [-0.2, -0.15) is 0 Å². The van der Waals surface area contributed by atoms with E-state index in [0.29, 0.717) is 12.3 Å². The van der Waals surface area contributed by atoms with Crippen LogP contribution in [-0.2, 0) is 16.1 Å². The van der Waals surface area contributed by atoms with Gasteiger partial charge in [0.25, 0.3) is 0 Å². The third-order valence-electron chi connectivity index (χ3n) is 4.75. The topological polar surface area (TPSA) is 32.8 Å². The zero-order valence-corrected chi connectivity index (χ0v) is 13.5. The molecule has 2 fully saturated rings. The number of nitrogens with zero attached hydrogens (tertiary/aromatic N) is 2. The fraction of sp³-hybridized carbons (Fsp3) is 0.611. The largest absolute Gasteiger partial charge is 0.381 e. The number of ether oxygens (including phenoxy) is 1. The number of carbonyl (C=O) groups is 1. The van der Waals surface area contributed by atoms with Crippen molar-refractivity contribution in [1.29, 1.82) is 0 Å². The Hall–Kier alpha value is -1.46. The Balaban J connectivity index is 1.48. The third-order valence-corrected chi connectivity index (χ3v) is 4.75. The predicted octanol–water partition coefficient (Wildman–Crippen LogP) is 2.29. The van der Waals surface area contributed by atoms with Crippen molar-refractivity contribution >= 4 is 5.91 Å². The minimum Gasteiger partial charge on any atom is -0.381 e. The fourth-order valence-corrected chi connectivity index (χ4v) is 3.35. The highest BCUT2D eigenvalue weighted by Crippen LogP contribution is 2.18. The van der Waals surface area contributed by atoms with Crippen LogP contribution in [0.1, 0.15) is 24.8 Å². The van der Waals surface area contributed by atoms with Crippen LogP contribution in [0.3, 0.4) is 0 Å². The van der Waals surface area contributed by atoms with Gasteiger partial charge in [-0.15, -0.1) is 0 Å². The summed E-state index contributed by atoms with van der Waals surface area (Å²) < 4.78 is 18.3. The Kier molecular flexibility index (Phi) is 5.62. The van der Waals surface area contributed by atoms with Crippen LogP contribution in [-0.4, -0.2) is 55.1 Å². The molecule has 2 saturated heterocycles. The van der Waals surface area contributed by atoms with E-state index in [-0.39, 0.29) is 11.7 Å². The fourth-order valence-electron chi connectivity index (χ4n) is 3.35. The third kappa shape index (κ3) is 4.75. The summed E-state index contributed by atoms with van der Waals surface area (Å²) in [5, 5.41) is 0. The second-order valence-corrected chi connectivity index (χ2v) is 6.57. The first kappa shape index (κ1) is 16.4. The van der Waals surface area contributed by atoms with Crippen LogP contribution in [0.2, 0.25) is 0 Å². The summed E-state index contributed by atoms with van der Waals surface area (Å²) in [6.07, 6.45) is 2.63. The lowest BCUT2D eigenvalue weighted by Gasteiger charge is -2.23. The first-order valence-electron chi connectivity index (χ1n) is 8.53. The molecule has 0 saturated carbocycles. The summed E-state index contributed by atoms with van der Waals surface area (Å²) in [6.45, 7) is 5.83. The van der Waals surface area contributed by atoms with Crippen molar-refractivity contribution in [3.8, 4) is 0 Å². The van der Waals surface area contributed by atoms with Gasteiger partial charge in [0.1, 0.15) is 5.82 Å². The van der Waals surface area contributed by atoms with E-state index in [1.54, 1.807) is 0 Å². The van der Waals surface area contributed by atoms with E-state index in [1.165, 1.54) is 12.1 Å². The molecule has 3 rings (SSSR count). The van der Waals surface area contributed by atoms with Crippen molar-refractivity contribution in [3.05, 3.63) is 35.6 Å². The average molecular weight is 320 g/mol. The van der Waals surface area contributed by atoms with E-state index in [0.717, 1.165) is 64.3 Å². The molecule has 5 heteroatoms. The van der Waals surface area contributed by atoms with Crippen molar-refractivity contribution in [2.75, 3.05) is 39.4 Å². The van der Waals surface area contributed by atoms with E-state index >= 15 is 0 Å². The van der Waals surface area contributed by atoms with E-state index in [4.69, 9.17) is 4.74 Å². The van der Waals surface area contributed by atoms with E-state index in [2.05, 4.69) is 4.90 Å². The lowest BCUT2D eigenvalue weighted by atomic mass is 10.0. The van der Waals surface area contributed by atoms with Crippen LogP contribution in [0.4, 0.5) is 4.39 Å². The summed E-state index contributed by atoms with van der Waals surface area (Å²) in [6, 6.07) is 6.69. The molecule has 0 bridgehead atoms. The van der Waals surface area contributed by atoms with Gasteiger partial charge in [0.05, 0.1) is 0 Å². The zero-order chi connectivity index (χ0) is 16.1. The molecule has 4 nitrogen and oxygen atoms in total. The van der Waals surface area contributed by atoms with Gasteiger partial charge in [-0.3, -0.25) is 9.69 Å². The summed E-state index contributed by atoms with van der Waals surface area (Å²) in [5.41, 5.74) is 1.12. The molecule has 1 atom stereocenters. The van der Waals surface area contributed by atoms with Crippen LogP contribution in [0.5, 0.6) is 0 Å². The molecule has 0 aliphatic carbocycles. The van der Waals surface area contributed by atoms with Gasteiger partial charge in [0.15, 0.2) is 0 Å². The van der Waals surface area contributed by atoms with Gasteiger partial charge < -0.3 is 9.64 Å². The van der Waals surface area contributed by atoms with Crippen molar-refractivity contribution in [3.63, 3.8) is 0 Å². The Morgan fingerprint density at radius 2 is 2.00 bits per heavy atom. The normalized spacial score (nSPS) is 23.0. The maximum Gasteiger partial charge on any atom is 0.222 e. The summed E-state index contributed by atoms with van der Waals surface area (Å²) in [5.74, 6) is 0.475. The molecule has 23 heavy (non-hydrogen) atoms. The number of rotatable bonds is 4. The number of benzene rings is 1. The molecule has 1 amide bonds. The second kappa shape index (κ2) is 7.88. The molecular formula is C18H25FN2O2. The van der Waals surface area contributed by atoms with Gasteiger partial charge in [0, 0.05) is 52.4 Å². The Labute approximate surface area is 137 Å². The number of halogens is 1. The van der Waals surface area contributed by atoms with Crippen LogP contribution >= 0.6 is 0 Å². The summed E-state index contributed by atoms with van der Waals surface area (Å²) in [7, 11) is 0. The molecule has 1 aromatic rings. The minimum atomic E-state index is -0.197. The molecule has 0 unspecified atom stereocenters. The predicted molar refractivity (Wildman–Crippen MR) is 86.4 cm³/mol. The lowest BCUT2D eigenvalue weighted by Crippen LogP contribution is -2.36. The molecule has 2 aliphatic heterocycles. The molecule has 2 heterocycles. The highest BCUT2D eigenvalue weighted by atomic mass is 19.1. The number of amides is 1. The second-order valence-electron chi connectivity index (χ2n) is 6.57. The van der Waals surface area contributed by atoms with Gasteiger partial charge in [-0.1, -0.05) is 12.1 Å². The maximum absolute atomic E-state index is 13.0. The summed E-state index contributed by atoms with van der Waals surface area (Å²) >= 11 is 0. The van der Waals surface area contributed by atoms with Crippen LogP contribution < -0.4 is 0 Å². The molecule has 2 aliphatic rings. The smallest absolute Gasteiger partial charge is 0.222 e. The Bertz CT molecular complexity index is 514. The molecular weight excluding hydrogens is 295 g/mol. The Morgan fingerprint density at radius 3 is 2.74 bits per heavy atom. The highest BCUT2D eigenvalue weighted by Gasteiger charge is 2.24. The first-order chi connectivity index (χ1) is 11.2. The molecule has 0 N–H and O–H groups in total. The van der Waals surface area contributed by atoms with Crippen molar-refractivity contribution < 1.29 is 13.9 Å².